The minimum atomic E-state index is 0.458. The molecule has 15 heavy (non-hydrogen) atoms. The quantitative estimate of drug-likeness (QED) is 0.703. The number of nitrogens with two attached hydrogens (primary N) is 1. The van der Waals surface area contributed by atoms with Gasteiger partial charge in [-0.05, 0) is 36.9 Å². The van der Waals surface area contributed by atoms with Gasteiger partial charge >= 0.3 is 0 Å². The lowest BCUT2D eigenvalue weighted by atomic mass is 9.78. The summed E-state index contributed by atoms with van der Waals surface area (Å²) in [6, 6.07) is 0.458. The van der Waals surface area contributed by atoms with Crippen molar-refractivity contribution >= 4 is 11.8 Å². The van der Waals surface area contributed by atoms with Crippen LogP contribution in [-0.2, 0) is 0 Å². The maximum Gasteiger partial charge on any atom is 0.0158 e. The van der Waals surface area contributed by atoms with E-state index >= 15 is 0 Å². The zero-order chi connectivity index (χ0) is 11.1. The fourth-order valence-corrected chi connectivity index (χ4v) is 3.52. The normalized spacial score (nSPS) is 29.0. The van der Waals surface area contributed by atoms with E-state index in [-0.39, 0.29) is 0 Å². The Balaban J connectivity index is 2.15. The van der Waals surface area contributed by atoms with Crippen LogP contribution in [-0.4, -0.2) is 17.5 Å². The van der Waals surface area contributed by atoms with Gasteiger partial charge in [-0.1, -0.05) is 33.1 Å². The van der Waals surface area contributed by atoms with E-state index < -0.39 is 0 Å². The minimum Gasteiger partial charge on any atom is -0.327 e. The number of thioether (sulfide) groups is 1. The first-order valence-electron chi connectivity index (χ1n) is 6.61. The Morgan fingerprint density at radius 1 is 1.20 bits per heavy atom. The molecule has 1 aliphatic rings. The molecule has 1 nitrogen and oxygen atoms in total. The smallest absolute Gasteiger partial charge is 0.0158 e. The third-order valence-electron chi connectivity index (χ3n) is 3.73. The Morgan fingerprint density at radius 3 is 2.40 bits per heavy atom. The highest BCUT2D eigenvalue weighted by molar-refractivity contribution is 7.99. The van der Waals surface area contributed by atoms with Gasteiger partial charge in [0.2, 0.25) is 0 Å². The topological polar surface area (TPSA) is 26.0 Å². The highest BCUT2D eigenvalue weighted by Gasteiger charge is 2.24. The van der Waals surface area contributed by atoms with Crippen molar-refractivity contribution in [2.24, 2.45) is 17.6 Å². The van der Waals surface area contributed by atoms with Crippen LogP contribution in [0.1, 0.15) is 52.4 Å². The van der Waals surface area contributed by atoms with Gasteiger partial charge in [0.15, 0.2) is 0 Å². The molecule has 0 heterocycles. The van der Waals surface area contributed by atoms with Gasteiger partial charge in [0.25, 0.3) is 0 Å². The summed E-state index contributed by atoms with van der Waals surface area (Å²) in [4.78, 5) is 0. The van der Waals surface area contributed by atoms with Gasteiger partial charge in [-0.3, -0.25) is 0 Å². The SMILES string of the molecule is CCCSCC(N)C1CCC(CC)CC1. The summed E-state index contributed by atoms with van der Waals surface area (Å²) in [7, 11) is 0. The molecule has 0 aromatic heterocycles. The van der Waals surface area contributed by atoms with E-state index in [2.05, 4.69) is 13.8 Å². The lowest BCUT2D eigenvalue weighted by Crippen LogP contribution is -2.35. The van der Waals surface area contributed by atoms with Gasteiger partial charge in [0.1, 0.15) is 0 Å². The number of hydrogen-bond acceptors (Lipinski definition) is 2. The van der Waals surface area contributed by atoms with Crippen LogP contribution in [0.2, 0.25) is 0 Å². The van der Waals surface area contributed by atoms with Gasteiger partial charge in [-0.15, -0.1) is 0 Å². The van der Waals surface area contributed by atoms with E-state index in [4.69, 9.17) is 5.73 Å². The second-order valence-corrected chi connectivity index (χ2v) is 6.08. The van der Waals surface area contributed by atoms with Gasteiger partial charge in [-0.25, -0.2) is 0 Å². The first kappa shape index (κ1) is 13.4. The molecule has 1 rings (SSSR count). The maximum atomic E-state index is 6.26. The van der Waals surface area contributed by atoms with Crippen LogP contribution in [0.4, 0.5) is 0 Å². The Bertz CT molecular complexity index is 153. The molecular weight excluding hydrogens is 202 g/mol. The van der Waals surface area contributed by atoms with E-state index in [1.807, 2.05) is 11.8 Å². The molecule has 0 aromatic carbocycles. The summed E-state index contributed by atoms with van der Waals surface area (Å²) in [6.45, 7) is 4.56. The molecule has 0 amide bonds. The molecule has 1 aliphatic carbocycles. The van der Waals surface area contributed by atoms with E-state index in [0.29, 0.717) is 6.04 Å². The summed E-state index contributed by atoms with van der Waals surface area (Å²) in [6.07, 6.45) is 8.26. The zero-order valence-electron chi connectivity index (χ0n) is 10.4. The molecule has 0 saturated heterocycles. The number of hydrogen-bond donors (Lipinski definition) is 1. The van der Waals surface area contributed by atoms with E-state index in [9.17, 15) is 0 Å². The Labute approximate surface area is 99.6 Å². The van der Waals surface area contributed by atoms with Gasteiger partial charge in [-0.2, -0.15) is 11.8 Å². The monoisotopic (exact) mass is 229 g/mol. The van der Waals surface area contributed by atoms with Crippen LogP contribution in [0, 0.1) is 11.8 Å². The van der Waals surface area contributed by atoms with Crippen LogP contribution in [0.25, 0.3) is 0 Å². The molecule has 1 atom stereocenters. The lowest BCUT2D eigenvalue weighted by molar-refractivity contribution is 0.247. The van der Waals surface area contributed by atoms with Crippen molar-refractivity contribution in [3.05, 3.63) is 0 Å². The summed E-state index contributed by atoms with van der Waals surface area (Å²) in [5.74, 6) is 4.27. The molecule has 0 aromatic rings. The standard InChI is InChI=1S/C13H27NS/c1-3-9-15-10-13(14)12-7-5-11(4-2)6-8-12/h11-13H,3-10,14H2,1-2H3. The van der Waals surface area contributed by atoms with Gasteiger partial charge in [0.05, 0.1) is 0 Å². The molecular formula is C13H27NS. The molecule has 1 saturated carbocycles. The van der Waals surface area contributed by atoms with E-state index in [1.165, 1.54) is 50.0 Å². The van der Waals surface area contributed by atoms with Crippen LogP contribution in [0.3, 0.4) is 0 Å². The fraction of sp³-hybridized carbons (Fsp3) is 1.00. The van der Waals surface area contributed by atoms with E-state index in [0.717, 1.165) is 11.8 Å². The lowest BCUT2D eigenvalue weighted by Gasteiger charge is -2.31. The Hall–Kier alpha value is 0.310. The molecule has 0 aliphatic heterocycles. The molecule has 2 N–H and O–H groups in total. The van der Waals surface area contributed by atoms with Crippen LogP contribution >= 0.6 is 11.8 Å². The van der Waals surface area contributed by atoms with Crippen molar-refractivity contribution in [1.82, 2.24) is 0 Å². The molecule has 0 spiro atoms. The third-order valence-corrected chi connectivity index (χ3v) is 5.05. The van der Waals surface area contributed by atoms with Crippen LogP contribution in [0.15, 0.2) is 0 Å². The Kier molecular flexibility index (Phi) is 6.74. The predicted octanol–water partition coefficient (Wildman–Crippen LogP) is 3.67. The number of rotatable bonds is 6. The first-order chi connectivity index (χ1) is 7.27. The molecule has 90 valence electrons. The summed E-state index contributed by atoms with van der Waals surface area (Å²) < 4.78 is 0. The summed E-state index contributed by atoms with van der Waals surface area (Å²) >= 11 is 2.04. The van der Waals surface area contributed by atoms with Crippen LogP contribution < -0.4 is 5.73 Å². The predicted molar refractivity (Wildman–Crippen MR) is 71.3 cm³/mol. The second-order valence-electron chi connectivity index (χ2n) is 4.93. The van der Waals surface area contributed by atoms with Crippen molar-refractivity contribution in [2.75, 3.05) is 11.5 Å². The fourth-order valence-electron chi connectivity index (χ4n) is 2.52. The highest BCUT2D eigenvalue weighted by Crippen LogP contribution is 2.32. The average molecular weight is 229 g/mol. The average Bonchev–Trinajstić information content (AvgIpc) is 2.29. The minimum absolute atomic E-state index is 0.458. The summed E-state index contributed by atoms with van der Waals surface area (Å²) in [5.41, 5.74) is 6.26. The Morgan fingerprint density at radius 2 is 1.87 bits per heavy atom. The first-order valence-corrected chi connectivity index (χ1v) is 7.76. The van der Waals surface area contributed by atoms with Crippen molar-refractivity contribution < 1.29 is 0 Å². The third kappa shape index (κ3) is 4.78. The van der Waals surface area contributed by atoms with Crippen molar-refractivity contribution in [3.63, 3.8) is 0 Å². The van der Waals surface area contributed by atoms with Gasteiger partial charge in [0, 0.05) is 11.8 Å². The van der Waals surface area contributed by atoms with Crippen LogP contribution in [0.5, 0.6) is 0 Å². The van der Waals surface area contributed by atoms with Crippen molar-refractivity contribution in [1.29, 1.82) is 0 Å². The maximum absolute atomic E-state index is 6.26. The highest BCUT2D eigenvalue weighted by atomic mass is 32.2. The van der Waals surface area contributed by atoms with E-state index in [1.54, 1.807) is 0 Å². The van der Waals surface area contributed by atoms with Gasteiger partial charge < -0.3 is 5.73 Å². The molecule has 0 bridgehead atoms. The van der Waals surface area contributed by atoms with Crippen molar-refractivity contribution in [3.8, 4) is 0 Å². The molecule has 1 fully saturated rings. The molecule has 1 unspecified atom stereocenters. The molecule has 2 heteroatoms. The molecule has 0 radical (unpaired) electrons. The largest absolute Gasteiger partial charge is 0.327 e. The second kappa shape index (κ2) is 7.56. The van der Waals surface area contributed by atoms with Crippen molar-refractivity contribution in [2.45, 2.75) is 58.4 Å². The zero-order valence-corrected chi connectivity index (χ0v) is 11.2. The summed E-state index contributed by atoms with van der Waals surface area (Å²) in [5, 5.41) is 0.